The minimum atomic E-state index is -0.259. The van der Waals surface area contributed by atoms with Gasteiger partial charge in [0.25, 0.3) is 5.56 Å². The molecule has 1 atom stereocenters. The van der Waals surface area contributed by atoms with Gasteiger partial charge in [-0.25, -0.2) is 4.68 Å². The number of aromatic nitrogens is 2. The number of aryl methyl sites for hydroxylation is 1. The van der Waals surface area contributed by atoms with Gasteiger partial charge in [0.05, 0.1) is 11.9 Å². The van der Waals surface area contributed by atoms with Gasteiger partial charge in [-0.15, -0.1) is 0 Å². The van der Waals surface area contributed by atoms with Crippen molar-refractivity contribution in [1.29, 1.82) is 0 Å². The van der Waals surface area contributed by atoms with Crippen LogP contribution in [0.5, 0.6) is 0 Å². The van der Waals surface area contributed by atoms with Gasteiger partial charge in [-0.05, 0) is 25.9 Å². The highest BCUT2D eigenvalue weighted by atomic mass is 35.5. The van der Waals surface area contributed by atoms with E-state index >= 15 is 0 Å². The summed E-state index contributed by atoms with van der Waals surface area (Å²) in [5, 5.41) is 7.54. The Balaban J connectivity index is 2.10. The van der Waals surface area contributed by atoms with Crippen molar-refractivity contribution in [2.24, 2.45) is 7.05 Å². The van der Waals surface area contributed by atoms with E-state index in [2.05, 4.69) is 22.2 Å². The average Bonchev–Trinajstić information content (AvgIpc) is 2.40. The molecule has 0 aromatic carbocycles. The first-order valence-electron chi connectivity index (χ1n) is 6.32. The molecule has 1 N–H and O–H groups in total. The van der Waals surface area contributed by atoms with Crippen molar-refractivity contribution < 1.29 is 0 Å². The molecule has 1 aliphatic rings. The predicted octanol–water partition coefficient (Wildman–Crippen LogP) is 1.33. The molecule has 0 saturated carbocycles. The summed E-state index contributed by atoms with van der Waals surface area (Å²) in [6.07, 6.45) is 3.89. The third-order valence-corrected chi connectivity index (χ3v) is 3.76. The molecule has 0 spiro atoms. The van der Waals surface area contributed by atoms with Crippen LogP contribution in [0.3, 0.4) is 0 Å². The zero-order valence-corrected chi connectivity index (χ0v) is 11.6. The lowest BCUT2D eigenvalue weighted by Crippen LogP contribution is -2.42. The topological polar surface area (TPSA) is 50.2 Å². The predicted molar refractivity (Wildman–Crippen MR) is 73.2 cm³/mol. The lowest BCUT2D eigenvalue weighted by Gasteiger charge is -2.32. The van der Waals surface area contributed by atoms with E-state index in [0.29, 0.717) is 11.7 Å². The monoisotopic (exact) mass is 270 g/mol. The zero-order valence-electron chi connectivity index (χ0n) is 10.8. The molecule has 1 aromatic heterocycles. The summed E-state index contributed by atoms with van der Waals surface area (Å²) in [7, 11) is 1.59. The number of likely N-dealkylation sites (N-methyl/N-ethyl adjacent to an activating group) is 1. The van der Waals surface area contributed by atoms with Crippen LogP contribution >= 0.6 is 11.6 Å². The van der Waals surface area contributed by atoms with Gasteiger partial charge in [0.2, 0.25) is 0 Å². The molecule has 0 bridgehead atoms. The largest absolute Gasteiger partial charge is 0.378 e. The Morgan fingerprint density at radius 1 is 1.61 bits per heavy atom. The van der Waals surface area contributed by atoms with Gasteiger partial charge in [0.1, 0.15) is 5.02 Å². The maximum atomic E-state index is 11.7. The summed E-state index contributed by atoms with van der Waals surface area (Å²) < 4.78 is 1.24. The second-order valence-corrected chi connectivity index (χ2v) is 5.06. The van der Waals surface area contributed by atoms with E-state index in [0.717, 1.165) is 26.1 Å². The molecule has 2 heterocycles. The normalized spacial score (nSPS) is 20.9. The standard InChI is InChI=1S/C12H19ClN4O/c1-3-17-6-4-5-9(8-17)15-10-7-14-16(2)12(18)11(10)13/h7,9,15H,3-6,8H2,1-2H3. The van der Waals surface area contributed by atoms with E-state index in [4.69, 9.17) is 11.6 Å². The third-order valence-electron chi connectivity index (χ3n) is 3.39. The van der Waals surface area contributed by atoms with E-state index in [1.54, 1.807) is 13.2 Å². The number of hydrogen-bond donors (Lipinski definition) is 1. The van der Waals surface area contributed by atoms with E-state index in [-0.39, 0.29) is 10.6 Å². The maximum Gasteiger partial charge on any atom is 0.287 e. The summed E-state index contributed by atoms with van der Waals surface area (Å²) in [6.45, 7) is 5.36. The molecule has 100 valence electrons. The number of likely N-dealkylation sites (tertiary alicyclic amines) is 1. The number of nitrogens with one attached hydrogen (secondary N) is 1. The fourth-order valence-electron chi connectivity index (χ4n) is 2.29. The highest BCUT2D eigenvalue weighted by molar-refractivity contribution is 6.32. The van der Waals surface area contributed by atoms with E-state index in [1.807, 2.05) is 0 Å². The van der Waals surface area contributed by atoms with Crippen LogP contribution in [0.15, 0.2) is 11.0 Å². The van der Waals surface area contributed by atoms with Gasteiger partial charge >= 0.3 is 0 Å². The van der Waals surface area contributed by atoms with Crippen LogP contribution < -0.4 is 10.9 Å². The Hall–Kier alpha value is -1.07. The second kappa shape index (κ2) is 5.71. The third kappa shape index (κ3) is 2.84. The van der Waals surface area contributed by atoms with Crippen LogP contribution in [-0.4, -0.2) is 40.4 Å². The van der Waals surface area contributed by atoms with Crippen LogP contribution in [0, 0.1) is 0 Å². The molecule has 1 unspecified atom stereocenters. The van der Waals surface area contributed by atoms with Gasteiger partial charge in [-0.3, -0.25) is 4.79 Å². The van der Waals surface area contributed by atoms with Crippen LogP contribution in [0.1, 0.15) is 19.8 Å². The van der Waals surface area contributed by atoms with Gasteiger partial charge in [0.15, 0.2) is 0 Å². The van der Waals surface area contributed by atoms with Gasteiger partial charge in [-0.1, -0.05) is 18.5 Å². The fourth-order valence-corrected chi connectivity index (χ4v) is 2.52. The number of piperidine rings is 1. The average molecular weight is 271 g/mol. The minimum Gasteiger partial charge on any atom is -0.378 e. The summed E-state index contributed by atoms with van der Waals surface area (Å²) >= 11 is 6.04. The van der Waals surface area contributed by atoms with Crippen molar-refractivity contribution in [3.63, 3.8) is 0 Å². The Bertz CT molecular complexity index is 474. The van der Waals surface area contributed by atoms with Crippen molar-refractivity contribution in [1.82, 2.24) is 14.7 Å². The fraction of sp³-hybridized carbons (Fsp3) is 0.667. The van der Waals surface area contributed by atoms with Crippen LogP contribution in [0.4, 0.5) is 5.69 Å². The van der Waals surface area contributed by atoms with Gasteiger partial charge < -0.3 is 10.2 Å². The first kappa shape index (κ1) is 13.4. The molecule has 18 heavy (non-hydrogen) atoms. The molecule has 5 nitrogen and oxygen atoms in total. The molecular weight excluding hydrogens is 252 g/mol. The summed E-state index contributed by atoms with van der Waals surface area (Å²) in [4.78, 5) is 14.1. The molecule has 1 aliphatic heterocycles. The lowest BCUT2D eigenvalue weighted by atomic mass is 10.1. The zero-order chi connectivity index (χ0) is 13.1. The second-order valence-electron chi connectivity index (χ2n) is 4.68. The Labute approximate surface area is 112 Å². The van der Waals surface area contributed by atoms with Gasteiger partial charge in [0, 0.05) is 19.6 Å². The van der Waals surface area contributed by atoms with Crippen molar-refractivity contribution in [2.45, 2.75) is 25.8 Å². The SMILES string of the molecule is CCN1CCCC(Nc2cnn(C)c(=O)c2Cl)C1. The molecule has 1 fully saturated rings. The van der Waals surface area contributed by atoms with E-state index in [9.17, 15) is 4.79 Å². The lowest BCUT2D eigenvalue weighted by molar-refractivity contribution is 0.227. The smallest absolute Gasteiger partial charge is 0.287 e. The highest BCUT2D eigenvalue weighted by Crippen LogP contribution is 2.19. The van der Waals surface area contributed by atoms with Crippen LogP contribution in [-0.2, 0) is 7.05 Å². The summed E-state index contributed by atoms with van der Waals surface area (Å²) in [5.41, 5.74) is 0.382. The number of rotatable bonds is 3. The Kier molecular flexibility index (Phi) is 4.24. The van der Waals surface area contributed by atoms with Gasteiger partial charge in [-0.2, -0.15) is 5.10 Å². The summed E-state index contributed by atoms with van der Waals surface area (Å²) in [5.74, 6) is 0. The molecule has 0 aliphatic carbocycles. The molecule has 0 amide bonds. The van der Waals surface area contributed by atoms with Crippen molar-refractivity contribution in [3.05, 3.63) is 21.6 Å². The van der Waals surface area contributed by atoms with E-state index in [1.165, 1.54) is 11.1 Å². The first-order valence-corrected chi connectivity index (χ1v) is 6.70. The first-order chi connectivity index (χ1) is 8.61. The van der Waals surface area contributed by atoms with Crippen molar-refractivity contribution in [3.8, 4) is 0 Å². The number of halogens is 1. The number of hydrogen-bond acceptors (Lipinski definition) is 4. The summed E-state index contributed by atoms with van der Waals surface area (Å²) in [6, 6.07) is 0.338. The minimum absolute atomic E-state index is 0.223. The molecule has 0 radical (unpaired) electrons. The van der Waals surface area contributed by atoms with Crippen molar-refractivity contribution >= 4 is 17.3 Å². The number of nitrogens with zero attached hydrogens (tertiary/aromatic N) is 3. The van der Waals surface area contributed by atoms with E-state index < -0.39 is 0 Å². The van der Waals surface area contributed by atoms with Crippen molar-refractivity contribution in [2.75, 3.05) is 25.0 Å². The molecule has 1 saturated heterocycles. The maximum absolute atomic E-state index is 11.7. The number of anilines is 1. The Morgan fingerprint density at radius 3 is 3.11 bits per heavy atom. The quantitative estimate of drug-likeness (QED) is 0.900. The molecular formula is C12H19ClN4O. The van der Waals surface area contributed by atoms with Crippen LogP contribution in [0.25, 0.3) is 0 Å². The Morgan fingerprint density at radius 2 is 2.39 bits per heavy atom. The molecule has 1 aromatic rings. The van der Waals surface area contributed by atoms with Crippen LogP contribution in [0.2, 0.25) is 5.02 Å². The highest BCUT2D eigenvalue weighted by Gasteiger charge is 2.20. The molecule has 2 rings (SSSR count). The molecule has 6 heteroatoms.